The molecule has 1 aromatic rings. The highest BCUT2D eigenvalue weighted by Gasteiger charge is 2.17. The molecule has 0 bridgehead atoms. The predicted octanol–water partition coefficient (Wildman–Crippen LogP) is 4.11. The second-order valence-electron chi connectivity index (χ2n) is 3.96. The van der Waals surface area contributed by atoms with Crippen LogP contribution >= 0.6 is 31.9 Å². The summed E-state index contributed by atoms with van der Waals surface area (Å²) in [5, 5.41) is 8.67. The molecule has 19 heavy (non-hydrogen) atoms. The topological polar surface area (TPSA) is 55.8 Å². The Bertz CT molecular complexity index is 510. The molecule has 4 nitrogen and oxygen atoms in total. The largest absolute Gasteiger partial charge is 0.493 e. The minimum Gasteiger partial charge on any atom is -0.493 e. The Morgan fingerprint density at radius 1 is 1.37 bits per heavy atom. The number of ether oxygens (including phenoxy) is 2. The van der Waals surface area contributed by atoms with Crippen molar-refractivity contribution < 1.29 is 19.4 Å². The van der Waals surface area contributed by atoms with Gasteiger partial charge in [-0.2, -0.15) is 0 Å². The van der Waals surface area contributed by atoms with Crippen molar-refractivity contribution in [3.05, 3.63) is 26.7 Å². The number of benzene rings is 1. The zero-order valence-electron chi connectivity index (χ0n) is 10.7. The van der Waals surface area contributed by atoms with Gasteiger partial charge in [0.2, 0.25) is 0 Å². The SMILES string of the molecule is COc1cc(/C=C/C(=O)O)c(Br)c(Br)c1OC(C)C. The number of carbonyl (C=O) groups is 1. The Hall–Kier alpha value is -1.01. The van der Waals surface area contributed by atoms with Gasteiger partial charge in [-0.15, -0.1) is 0 Å². The molecule has 0 aromatic heterocycles. The molecule has 0 unspecified atom stereocenters. The molecule has 0 fully saturated rings. The molecule has 1 N–H and O–H groups in total. The van der Waals surface area contributed by atoms with Crippen LogP contribution in [0.25, 0.3) is 6.08 Å². The summed E-state index contributed by atoms with van der Waals surface area (Å²) in [5.74, 6) is 0.107. The monoisotopic (exact) mass is 392 g/mol. The predicted molar refractivity (Wildman–Crippen MR) is 80.8 cm³/mol. The lowest BCUT2D eigenvalue weighted by Crippen LogP contribution is -2.07. The van der Waals surface area contributed by atoms with Gasteiger partial charge < -0.3 is 14.6 Å². The molecule has 6 heteroatoms. The molecule has 0 aliphatic carbocycles. The minimum atomic E-state index is -1.01. The number of rotatable bonds is 5. The summed E-state index contributed by atoms with van der Waals surface area (Å²) in [6, 6.07) is 1.71. The molecule has 104 valence electrons. The molecule has 0 saturated carbocycles. The molecule has 1 aromatic carbocycles. The lowest BCUT2D eigenvalue weighted by atomic mass is 10.2. The Labute approximate surface area is 128 Å². The van der Waals surface area contributed by atoms with E-state index in [0.717, 1.165) is 6.08 Å². The molecule has 0 amide bonds. The first kappa shape index (κ1) is 16.0. The summed E-state index contributed by atoms with van der Waals surface area (Å²) in [5.41, 5.74) is 0.683. The van der Waals surface area contributed by atoms with E-state index in [9.17, 15) is 4.79 Å². The highest BCUT2D eigenvalue weighted by atomic mass is 79.9. The third-order valence-electron chi connectivity index (χ3n) is 2.13. The Morgan fingerprint density at radius 3 is 2.47 bits per heavy atom. The van der Waals surface area contributed by atoms with Crippen molar-refractivity contribution in [1.29, 1.82) is 0 Å². The van der Waals surface area contributed by atoms with Gasteiger partial charge in [0.05, 0.1) is 17.7 Å². The summed E-state index contributed by atoms with van der Waals surface area (Å²) < 4.78 is 12.4. The third kappa shape index (κ3) is 4.24. The normalized spacial score (nSPS) is 11.1. The zero-order valence-corrected chi connectivity index (χ0v) is 13.9. The number of hydrogen-bond donors (Lipinski definition) is 1. The van der Waals surface area contributed by atoms with Gasteiger partial charge in [-0.05, 0) is 63.4 Å². The summed E-state index contributed by atoms with van der Waals surface area (Å²) in [6.45, 7) is 3.83. The first-order valence-electron chi connectivity index (χ1n) is 5.50. The minimum absolute atomic E-state index is 0.00230. The van der Waals surface area contributed by atoms with E-state index >= 15 is 0 Å². The molecular formula is C13H14Br2O4. The summed E-state index contributed by atoms with van der Waals surface area (Å²) in [7, 11) is 1.54. The highest BCUT2D eigenvalue weighted by Crippen LogP contribution is 2.43. The average Bonchev–Trinajstić information content (AvgIpc) is 2.33. The van der Waals surface area contributed by atoms with Crippen LogP contribution in [0.1, 0.15) is 19.4 Å². The van der Waals surface area contributed by atoms with Gasteiger partial charge in [0.25, 0.3) is 0 Å². The fourth-order valence-corrected chi connectivity index (χ4v) is 2.33. The molecule has 0 heterocycles. The summed E-state index contributed by atoms with van der Waals surface area (Å²) >= 11 is 6.83. The van der Waals surface area contributed by atoms with Gasteiger partial charge in [-0.25, -0.2) is 4.79 Å². The maximum absolute atomic E-state index is 10.6. The van der Waals surface area contributed by atoms with Crippen molar-refractivity contribution in [2.24, 2.45) is 0 Å². The van der Waals surface area contributed by atoms with Crippen LogP contribution in [0.15, 0.2) is 21.1 Å². The van der Waals surface area contributed by atoms with Crippen LogP contribution in [0.4, 0.5) is 0 Å². The van der Waals surface area contributed by atoms with E-state index in [0.29, 0.717) is 26.0 Å². The summed E-state index contributed by atoms with van der Waals surface area (Å²) in [4.78, 5) is 10.6. The van der Waals surface area contributed by atoms with Crippen molar-refractivity contribution in [3.63, 3.8) is 0 Å². The van der Waals surface area contributed by atoms with Crippen LogP contribution in [-0.2, 0) is 4.79 Å². The molecule has 0 spiro atoms. The van der Waals surface area contributed by atoms with Crippen molar-refractivity contribution >= 4 is 43.9 Å². The second-order valence-corrected chi connectivity index (χ2v) is 5.55. The van der Waals surface area contributed by atoms with Crippen LogP contribution in [-0.4, -0.2) is 24.3 Å². The Balaban J connectivity index is 3.32. The smallest absolute Gasteiger partial charge is 0.328 e. The van der Waals surface area contributed by atoms with E-state index in [1.807, 2.05) is 13.8 Å². The fraction of sp³-hybridized carbons (Fsp3) is 0.308. The lowest BCUT2D eigenvalue weighted by molar-refractivity contribution is -0.131. The van der Waals surface area contributed by atoms with Crippen LogP contribution < -0.4 is 9.47 Å². The zero-order chi connectivity index (χ0) is 14.6. The second kappa shape index (κ2) is 6.96. The lowest BCUT2D eigenvalue weighted by Gasteiger charge is -2.17. The van der Waals surface area contributed by atoms with Gasteiger partial charge >= 0.3 is 5.97 Å². The first-order chi connectivity index (χ1) is 8.86. The van der Waals surface area contributed by atoms with E-state index < -0.39 is 5.97 Å². The number of carboxylic acid groups (broad SMARTS) is 1. The number of aliphatic carboxylic acids is 1. The molecule has 0 aliphatic rings. The molecule has 1 rings (SSSR count). The van der Waals surface area contributed by atoms with Crippen molar-refractivity contribution in [2.45, 2.75) is 20.0 Å². The van der Waals surface area contributed by atoms with Crippen LogP contribution in [0.3, 0.4) is 0 Å². The molecular weight excluding hydrogens is 380 g/mol. The van der Waals surface area contributed by atoms with Crippen LogP contribution in [0, 0.1) is 0 Å². The first-order valence-corrected chi connectivity index (χ1v) is 7.09. The van der Waals surface area contributed by atoms with E-state index in [1.54, 1.807) is 6.07 Å². The van der Waals surface area contributed by atoms with Gasteiger partial charge in [-0.1, -0.05) is 0 Å². The van der Waals surface area contributed by atoms with Crippen molar-refractivity contribution in [2.75, 3.05) is 7.11 Å². The van der Waals surface area contributed by atoms with E-state index in [4.69, 9.17) is 14.6 Å². The third-order valence-corrected chi connectivity index (χ3v) is 4.28. The molecule has 0 radical (unpaired) electrons. The van der Waals surface area contributed by atoms with Gasteiger partial charge in [0, 0.05) is 10.5 Å². The number of methoxy groups -OCH3 is 1. The number of hydrogen-bond acceptors (Lipinski definition) is 3. The quantitative estimate of drug-likeness (QED) is 0.765. The van der Waals surface area contributed by atoms with Gasteiger partial charge in [-0.3, -0.25) is 0 Å². The fourth-order valence-electron chi connectivity index (χ4n) is 1.38. The Kier molecular flexibility index (Phi) is 5.87. The molecule has 0 atom stereocenters. The number of carboxylic acids is 1. The van der Waals surface area contributed by atoms with Gasteiger partial charge in [0.1, 0.15) is 0 Å². The highest BCUT2D eigenvalue weighted by molar-refractivity contribution is 9.13. The van der Waals surface area contributed by atoms with E-state index in [2.05, 4.69) is 31.9 Å². The van der Waals surface area contributed by atoms with Gasteiger partial charge in [0.15, 0.2) is 11.5 Å². The maximum Gasteiger partial charge on any atom is 0.328 e. The van der Waals surface area contributed by atoms with E-state index in [-0.39, 0.29) is 6.10 Å². The standard InChI is InChI=1S/C13H14Br2O4/c1-7(2)19-13-9(18-3)6-8(4-5-10(16)17)11(14)12(13)15/h4-7H,1-3H3,(H,16,17)/b5-4+. The van der Waals surface area contributed by atoms with Crippen LogP contribution in [0.2, 0.25) is 0 Å². The maximum atomic E-state index is 10.6. The van der Waals surface area contributed by atoms with Crippen molar-refractivity contribution in [1.82, 2.24) is 0 Å². The molecule has 0 saturated heterocycles. The van der Waals surface area contributed by atoms with Crippen LogP contribution in [0.5, 0.6) is 11.5 Å². The Morgan fingerprint density at radius 2 is 2.00 bits per heavy atom. The summed E-state index contributed by atoms with van der Waals surface area (Å²) in [6.07, 6.45) is 2.55. The average molecular weight is 394 g/mol. The van der Waals surface area contributed by atoms with E-state index in [1.165, 1.54) is 13.2 Å². The molecule has 0 aliphatic heterocycles. The number of halogens is 2. The van der Waals surface area contributed by atoms with Crippen molar-refractivity contribution in [3.8, 4) is 11.5 Å².